The topological polar surface area (TPSA) is 49.6 Å². The second-order valence-electron chi connectivity index (χ2n) is 6.02. The maximum atomic E-state index is 12.0. The fourth-order valence-electron chi connectivity index (χ4n) is 3.05. The summed E-state index contributed by atoms with van der Waals surface area (Å²) < 4.78 is 0. The molecule has 0 aliphatic carbocycles. The van der Waals surface area contributed by atoms with Gasteiger partial charge in [-0.2, -0.15) is 0 Å². The molecule has 1 amide bonds. The standard InChI is InChI=1S/C14H27N3O/c1-12(15)4-5-14(18)17-9-6-13(11-17)10-16-7-2-3-8-16/h12-13H,2-11,15H2,1H3. The Morgan fingerprint density at radius 1 is 1.33 bits per heavy atom. The molecule has 2 saturated heterocycles. The number of hydrogen-bond acceptors (Lipinski definition) is 3. The van der Waals surface area contributed by atoms with Crippen LogP contribution in [0.5, 0.6) is 0 Å². The number of amides is 1. The van der Waals surface area contributed by atoms with E-state index in [-0.39, 0.29) is 6.04 Å². The summed E-state index contributed by atoms with van der Waals surface area (Å²) in [5.41, 5.74) is 5.70. The van der Waals surface area contributed by atoms with Gasteiger partial charge in [-0.25, -0.2) is 0 Å². The predicted molar refractivity (Wildman–Crippen MR) is 73.2 cm³/mol. The third-order valence-electron chi connectivity index (χ3n) is 4.17. The third-order valence-corrected chi connectivity index (χ3v) is 4.17. The minimum absolute atomic E-state index is 0.136. The molecule has 4 nitrogen and oxygen atoms in total. The number of nitrogens with two attached hydrogens (primary N) is 1. The van der Waals surface area contributed by atoms with E-state index in [1.807, 2.05) is 11.8 Å². The first kappa shape index (κ1) is 13.8. The van der Waals surface area contributed by atoms with Crippen LogP contribution in [0, 0.1) is 5.92 Å². The number of nitrogens with zero attached hydrogens (tertiary/aromatic N) is 2. The van der Waals surface area contributed by atoms with Gasteiger partial charge < -0.3 is 15.5 Å². The first-order chi connectivity index (χ1) is 8.65. The Balaban J connectivity index is 1.68. The van der Waals surface area contributed by atoms with Crippen molar-refractivity contribution in [3.8, 4) is 0 Å². The van der Waals surface area contributed by atoms with Crippen molar-refractivity contribution in [1.29, 1.82) is 0 Å². The summed E-state index contributed by atoms with van der Waals surface area (Å²) in [6.45, 7) is 7.60. The van der Waals surface area contributed by atoms with E-state index >= 15 is 0 Å². The molecule has 2 aliphatic heterocycles. The summed E-state index contributed by atoms with van der Waals surface area (Å²) in [5.74, 6) is 0.999. The molecular formula is C14H27N3O. The van der Waals surface area contributed by atoms with Gasteiger partial charge in [0, 0.05) is 32.1 Å². The molecule has 2 unspecified atom stereocenters. The first-order valence-electron chi connectivity index (χ1n) is 7.41. The lowest BCUT2D eigenvalue weighted by atomic mass is 10.1. The Hall–Kier alpha value is -0.610. The highest BCUT2D eigenvalue weighted by molar-refractivity contribution is 5.76. The van der Waals surface area contributed by atoms with Crippen molar-refractivity contribution in [3.05, 3.63) is 0 Å². The van der Waals surface area contributed by atoms with Crippen LogP contribution in [-0.2, 0) is 4.79 Å². The fraction of sp³-hybridized carbons (Fsp3) is 0.929. The Bertz CT molecular complexity index is 274. The highest BCUT2D eigenvalue weighted by Gasteiger charge is 2.27. The van der Waals surface area contributed by atoms with Crippen LogP contribution in [0.2, 0.25) is 0 Å². The average molecular weight is 253 g/mol. The van der Waals surface area contributed by atoms with Crippen LogP contribution in [0.15, 0.2) is 0 Å². The maximum Gasteiger partial charge on any atom is 0.222 e. The summed E-state index contributed by atoms with van der Waals surface area (Å²) in [7, 11) is 0. The molecular weight excluding hydrogens is 226 g/mol. The van der Waals surface area contributed by atoms with Gasteiger partial charge >= 0.3 is 0 Å². The maximum absolute atomic E-state index is 12.0. The number of rotatable bonds is 5. The van der Waals surface area contributed by atoms with E-state index in [1.54, 1.807) is 0 Å². The first-order valence-corrected chi connectivity index (χ1v) is 7.41. The quantitative estimate of drug-likeness (QED) is 0.797. The molecule has 0 aromatic heterocycles. The van der Waals surface area contributed by atoms with E-state index < -0.39 is 0 Å². The molecule has 0 aromatic carbocycles. The van der Waals surface area contributed by atoms with Gasteiger partial charge in [0.25, 0.3) is 0 Å². The molecule has 104 valence electrons. The van der Waals surface area contributed by atoms with Crippen molar-refractivity contribution in [1.82, 2.24) is 9.80 Å². The van der Waals surface area contributed by atoms with Crippen molar-refractivity contribution in [2.75, 3.05) is 32.7 Å². The monoisotopic (exact) mass is 253 g/mol. The molecule has 4 heteroatoms. The molecule has 0 saturated carbocycles. The second-order valence-corrected chi connectivity index (χ2v) is 6.02. The normalized spacial score (nSPS) is 26.8. The van der Waals surface area contributed by atoms with Crippen molar-refractivity contribution in [2.45, 2.75) is 45.1 Å². The largest absolute Gasteiger partial charge is 0.342 e. The highest BCUT2D eigenvalue weighted by atomic mass is 16.2. The molecule has 2 heterocycles. The highest BCUT2D eigenvalue weighted by Crippen LogP contribution is 2.20. The molecule has 0 spiro atoms. The van der Waals surface area contributed by atoms with Crippen LogP contribution in [0.1, 0.15) is 39.0 Å². The van der Waals surface area contributed by atoms with Crippen molar-refractivity contribution < 1.29 is 4.79 Å². The van der Waals surface area contributed by atoms with Gasteiger partial charge in [-0.05, 0) is 51.6 Å². The van der Waals surface area contributed by atoms with Crippen molar-refractivity contribution >= 4 is 5.91 Å². The molecule has 18 heavy (non-hydrogen) atoms. The van der Waals surface area contributed by atoms with Crippen LogP contribution in [0.4, 0.5) is 0 Å². The summed E-state index contributed by atoms with van der Waals surface area (Å²) in [6, 6.07) is 0.136. The zero-order chi connectivity index (χ0) is 13.0. The van der Waals surface area contributed by atoms with E-state index in [1.165, 1.54) is 38.9 Å². The lowest BCUT2D eigenvalue weighted by molar-refractivity contribution is -0.130. The number of carbonyl (C=O) groups is 1. The minimum Gasteiger partial charge on any atom is -0.342 e. The van der Waals surface area contributed by atoms with Gasteiger partial charge in [-0.15, -0.1) is 0 Å². The van der Waals surface area contributed by atoms with Crippen molar-refractivity contribution in [3.63, 3.8) is 0 Å². The smallest absolute Gasteiger partial charge is 0.222 e. The van der Waals surface area contributed by atoms with Gasteiger partial charge in [0.15, 0.2) is 0 Å². The van der Waals surface area contributed by atoms with Gasteiger partial charge in [0.2, 0.25) is 5.91 Å². The molecule has 0 bridgehead atoms. The summed E-state index contributed by atoms with van der Waals surface area (Å²) in [4.78, 5) is 16.6. The van der Waals surface area contributed by atoms with Crippen LogP contribution in [0.25, 0.3) is 0 Å². The van der Waals surface area contributed by atoms with Gasteiger partial charge in [-0.1, -0.05) is 0 Å². The zero-order valence-corrected chi connectivity index (χ0v) is 11.6. The van der Waals surface area contributed by atoms with Crippen LogP contribution in [-0.4, -0.2) is 54.5 Å². The van der Waals surface area contributed by atoms with Gasteiger partial charge in [0.05, 0.1) is 0 Å². The number of carbonyl (C=O) groups excluding carboxylic acids is 1. The minimum atomic E-state index is 0.136. The van der Waals surface area contributed by atoms with Crippen LogP contribution < -0.4 is 5.73 Å². The van der Waals surface area contributed by atoms with E-state index in [0.29, 0.717) is 18.2 Å². The van der Waals surface area contributed by atoms with Crippen LogP contribution >= 0.6 is 0 Å². The molecule has 2 atom stereocenters. The Morgan fingerprint density at radius 2 is 2.06 bits per heavy atom. The molecule has 2 N–H and O–H groups in total. The molecule has 2 rings (SSSR count). The van der Waals surface area contributed by atoms with Crippen molar-refractivity contribution in [2.24, 2.45) is 11.7 Å². The Morgan fingerprint density at radius 3 is 2.72 bits per heavy atom. The summed E-state index contributed by atoms with van der Waals surface area (Å²) in [5, 5.41) is 0. The SMILES string of the molecule is CC(N)CCC(=O)N1CCC(CN2CCCC2)C1. The van der Waals surface area contributed by atoms with Gasteiger partial charge in [0.1, 0.15) is 0 Å². The molecule has 0 radical (unpaired) electrons. The lowest BCUT2D eigenvalue weighted by Gasteiger charge is -2.21. The van der Waals surface area contributed by atoms with Crippen LogP contribution in [0.3, 0.4) is 0 Å². The molecule has 2 fully saturated rings. The summed E-state index contributed by atoms with van der Waals surface area (Å²) >= 11 is 0. The molecule has 0 aromatic rings. The Kier molecular flexibility index (Phi) is 5.01. The molecule has 2 aliphatic rings. The third kappa shape index (κ3) is 3.95. The Labute approximate surface area is 110 Å². The second kappa shape index (κ2) is 6.53. The van der Waals surface area contributed by atoms with E-state index in [0.717, 1.165) is 19.5 Å². The summed E-state index contributed by atoms with van der Waals surface area (Å²) in [6.07, 6.45) is 5.31. The van der Waals surface area contributed by atoms with E-state index in [4.69, 9.17) is 5.73 Å². The van der Waals surface area contributed by atoms with Gasteiger partial charge in [-0.3, -0.25) is 4.79 Å². The number of hydrogen-bond donors (Lipinski definition) is 1. The van der Waals surface area contributed by atoms with E-state index in [9.17, 15) is 4.79 Å². The predicted octanol–water partition coefficient (Wildman–Crippen LogP) is 1.06. The zero-order valence-electron chi connectivity index (χ0n) is 11.6. The number of likely N-dealkylation sites (tertiary alicyclic amines) is 2. The lowest BCUT2D eigenvalue weighted by Crippen LogP contribution is -2.32. The fourth-order valence-corrected chi connectivity index (χ4v) is 3.05. The van der Waals surface area contributed by atoms with E-state index in [2.05, 4.69) is 4.90 Å². The average Bonchev–Trinajstić information content (AvgIpc) is 2.98.